The van der Waals surface area contributed by atoms with Gasteiger partial charge in [0, 0.05) is 25.2 Å². The van der Waals surface area contributed by atoms with Crippen LogP contribution in [-0.2, 0) is 4.79 Å². The van der Waals surface area contributed by atoms with Crippen molar-refractivity contribution < 1.29 is 13.6 Å². The maximum absolute atomic E-state index is 12.2. The summed E-state index contributed by atoms with van der Waals surface area (Å²) in [6, 6.07) is 3.77. The molecule has 19 heavy (non-hydrogen) atoms. The van der Waals surface area contributed by atoms with Gasteiger partial charge in [-0.25, -0.2) is 4.98 Å². The molecule has 0 bridgehead atoms. The summed E-state index contributed by atoms with van der Waals surface area (Å²) < 4.78 is 24.5. The van der Waals surface area contributed by atoms with Gasteiger partial charge in [-0.2, -0.15) is 8.78 Å². The molecule has 0 aliphatic rings. The number of alkyl halides is 3. The fourth-order valence-electron chi connectivity index (χ4n) is 1.38. The highest BCUT2D eigenvalue weighted by molar-refractivity contribution is 6.23. The fraction of sp³-hybridized carbons (Fsp3) is 0.385. The predicted molar refractivity (Wildman–Crippen MR) is 71.6 cm³/mol. The molecular weight excluding hydrogens is 274 g/mol. The number of anilines is 1. The summed E-state index contributed by atoms with van der Waals surface area (Å²) in [5.74, 6) is 0.356. The van der Waals surface area contributed by atoms with Gasteiger partial charge in [0.05, 0.1) is 0 Å². The van der Waals surface area contributed by atoms with E-state index in [1.807, 2.05) is 19.1 Å². The lowest BCUT2D eigenvalue weighted by atomic mass is 10.2. The minimum atomic E-state index is -3.46. The van der Waals surface area contributed by atoms with Crippen LogP contribution in [-0.4, -0.2) is 22.7 Å². The number of hydrogen-bond donors (Lipinski definition) is 1. The Morgan fingerprint density at radius 3 is 2.95 bits per heavy atom. The lowest BCUT2D eigenvalue weighted by Crippen LogP contribution is -2.06. The molecule has 0 amide bonds. The number of ketones is 1. The van der Waals surface area contributed by atoms with E-state index in [2.05, 4.69) is 21.9 Å². The zero-order valence-corrected chi connectivity index (χ0v) is 11.3. The molecule has 1 aromatic rings. The second kappa shape index (κ2) is 7.19. The molecule has 0 spiro atoms. The lowest BCUT2D eigenvalue weighted by Gasteiger charge is -2.05. The third-order valence-corrected chi connectivity index (χ3v) is 2.41. The van der Waals surface area contributed by atoms with Gasteiger partial charge in [0.25, 0.3) is 0 Å². The van der Waals surface area contributed by atoms with E-state index in [1.165, 1.54) is 0 Å². The second-order valence-corrected chi connectivity index (χ2v) is 4.59. The molecule has 0 saturated heterocycles. The van der Waals surface area contributed by atoms with Crippen LogP contribution in [0.15, 0.2) is 30.5 Å². The zero-order valence-electron chi connectivity index (χ0n) is 10.5. The van der Waals surface area contributed by atoms with Crippen LogP contribution < -0.4 is 5.32 Å². The molecule has 0 aliphatic carbocycles. The Morgan fingerprint density at radius 1 is 1.58 bits per heavy atom. The molecule has 104 valence electrons. The molecule has 1 aromatic heterocycles. The Balaban J connectivity index is 2.24. The SMILES string of the molecule is Cc1ccnc(NCCCC(=O)/C=C/C(F)(F)Cl)c1. The van der Waals surface area contributed by atoms with Gasteiger partial charge in [-0.15, -0.1) is 0 Å². The van der Waals surface area contributed by atoms with Crippen molar-refractivity contribution in [1.82, 2.24) is 4.98 Å². The Morgan fingerprint density at radius 2 is 2.32 bits per heavy atom. The van der Waals surface area contributed by atoms with Crippen LogP contribution in [0.3, 0.4) is 0 Å². The van der Waals surface area contributed by atoms with Crippen molar-refractivity contribution in [2.45, 2.75) is 25.1 Å². The topological polar surface area (TPSA) is 42.0 Å². The minimum absolute atomic E-state index is 0.183. The Bertz CT molecular complexity index is 458. The lowest BCUT2D eigenvalue weighted by molar-refractivity contribution is -0.114. The number of aromatic nitrogens is 1. The van der Waals surface area contributed by atoms with E-state index in [4.69, 9.17) is 0 Å². The van der Waals surface area contributed by atoms with Crippen LogP contribution in [0, 0.1) is 6.92 Å². The number of nitrogens with zero attached hydrogens (tertiary/aromatic N) is 1. The molecule has 3 nitrogen and oxygen atoms in total. The molecule has 0 fully saturated rings. The second-order valence-electron chi connectivity index (χ2n) is 4.09. The van der Waals surface area contributed by atoms with E-state index in [1.54, 1.807) is 6.20 Å². The summed E-state index contributed by atoms with van der Waals surface area (Å²) in [5, 5.41) is -0.407. The fourth-order valence-corrected chi connectivity index (χ4v) is 1.45. The van der Waals surface area contributed by atoms with Crippen molar-refractivity contribution >= 4 is 23.2 Å². The summed E-state index contributed by atoms with van der Waals surface area (Å²) in [6.45, 7) is 2.50. The van der Waals surface area contributed by atoms with Crippen molar-refractivity contribution in [2.24, 2.45) is 0 Å². The highest BCUT2D eigenvalue weighted by Crippen LogP contribution is 2.19. The normalized spacial score (nSPS) is 11.8. The smallest absolute Gasteiger partial charge is 0.341 e. The third-order valence-electron chi connectivity index (χ3n) is 2.28. The molecule has 6 heteroatoms. The number of aryl methyl sites for hydroxylation is 1. The summed E-state index contributed by atoms with van der Waals surface area (Å²) in [6.07, 6.45) is 3.62. The average molecular weight is 289 g/mol. The molecule has 0 saturated carbocycles. The number of carbonyl (C=O) groups is 1. The quantitative estimate of drug-likeness (QED) is 0.474. The summed E-state index contributed by atoms with van der Waals surface area (Å²) >= 11 is 4.64. The number of rotatable bonds is 7. The summed E-state index contributed by atoms with van der Waals surface area (Å²) in [7, 11) is 0. The van der Waals surface area contributed by atoms with Crippen LogP contribution >= 0.6 is 11.6 Å². The number of halogens is 3. The van der Waals surface area contributed by atoms with E-state index < -0.39 is 5.38 Å². The number of pyridine rings is 1. The first-order valence-corrected chi connectivity index (χ1v) is 6.20. The van der Waals surface area contributed by atoms with E-state index in [0.717, 1.165) is 17.5 Å². The van der Waals surface area contributed by atoms with E-state index in [9.17, 15) is 13.6 Å². The van der Waals surface area contributed by atoms with Gasteiger partial charge < -0.3 is 5.32 Å². The van der Waals surface area contributed by atoms with E-state index in [-0.39, 0.29) is 12.2 Å². The highest BCUT2D eigenvalue weighted by Gasteiger charge is 2.19. The molecule has 0 unspecified atom stereocenters. The van der Waals surface area contributed by atoms with Gasteiger partial charge in [-0.1, -0.05) is 0 Å². The van der Waals surface area contributed by atoms with Crippen molar-refractivity contribution in [2.75, 3.05) is 11.9 Å². The Labute approximate surface area is 115 Å². The maximum atomic E-state index is 12.2. The van der Waals surface area contributed by atoms with Crippen molar-refractivity contribution in [3.8, 4) is 0 Å². The number of hydrogen-bond acceptors (Lipinski definition) is 3. The van der Waals surface area contributed by atoms with Gasteiger partial charge in [0.2, 0.25) is 0 Å². The van der Waals surface area contributed by atoms with Crippen molar-refractivity contribution in [3.05, 3.63) is 36.0 Å². The van der Waals surface area contributed by atoms with Crippen LogP contribution in [0.1, 0.15) is 18.4 Å². The molecule has 1 N–H and O–H groups in total. The van der Waals surface area contributed by atoms with E-state index >= 15 is 0 Å². The molecule has 1 rings (SSSR count). The summed E-state index contributed by atoms with van der Waals surface area (Å²) in [5.41, 5.74) is 1.08. The van der Waals surface area contributed by atoms with Gasteiger partial charge in [0.15, 0.2) is 5.78 Å². The highest BCUT2D eigenvalue weighted by atomic mass is 35.5. The van der Waals surface area contributed by atoms with Crippen molar-refractivity contribution in [1.29, 1.82) is 0 Å². The van der Waals surface area contributed by atoms with Crippen LogP contribution in [0.5, 0.6) is 0 Å². The van der Waals surface area contributed by atoms with E-state index in [0.29, 0.717) is 19.0 Å². The molecule has 0 aliphatic heterocycles. The van der Waals surface area contributed by atoms with Gasteiger partial charge in [0.1, 0.15) is 5.82 Å². The Hall–Kier alpha value is -1.49. The summed E-state index contributed by atoms with van der Waals surface area (Å²) in [4.78, 5) is 15.3. The van der Waals surface area contributed by atoms with Crippen LogP contribution in [0.4, 0.5) is 14.6 Å². The minimum Gasteiger partial charge on any atom is -0.370 e. The monoisotopic (exact) mass is 288 g/mol. The first-order chi connectivity index (χ1) is 8.87. The third kappa shape index (κ3) is 7.51. The number of carbonyl (C=O) groups excluding carboxylic acids is 1. The first-order valence-electron chi connectivity index (χ1n) is 5.82. The first kappa shape index (κ1) is 15.6. The van der Waals surface area contributed by atoms with Gasteiger partial charge in [-0.05, 0) is 48.7 Å². The average Bonchev–Trinajstić information content (AvgIpc) is 2.31. The van der Waals surface area contributed by atoms with Crippen molar-refractivity contribution in [3.63, 3.8) is 0 Å². The maximum Gasteiger partial charge on any atom is 0.341 e. The van der Waals surface area contributed by atoms with Crippen LogP contribution in [0.2, 0.25) is 0 Å². The largest absolute Gasteiger partial charge is 0.370 e. The zero-order chi connectivity index (χ0) is 14.3. The number of nitrogens with one attached hydrogen (secondary N) is 1. The number of allylic oxidation sites excluding steroid dienone is 2. The molecule has 1 heterocycles. The standard InChI is InChI=1S/C13H15ClF2N2O/c1-10-5-8-18-12(9-10)17-7-2-3-11(19)4-6-13(14,15)16/h4-6,8-9H,2-3,7H2,1H3,(H,17,18)/b6-4+. The van der Waals surface area contributed by atoms with Gasteiger partial charge in [-0.3, -0.25) is 4.79 Å². The molecular formula is C13H15ClF2N2O. The van der Waals surface area contributed by atoms with Crippen LogP contribution in [0.25, 0.3) is 0 Å². The molecule has 0 radical (unpaired) electrons. The van der Waals surface area contributed by atoms with Gasteiger partial charge >= 0.3 is 5.38 Å². The Kier molecular flexibility index (Phi) is 5.89. The predicted octanol–water partition coefficient (Wildman–Crippen LogP) is 3.54. The molecule has 0 atom stereocenters. The molecule has 0 aromatic carbocycles.